The minimum Gasteiger partial charge on any atom is -0.356 e. The third kappa shape index (κ3) is 2.87. The Kier molecular flexibility index (Phi) is 4.03. The summed E-state index contributed by atoms with van der Waals surface area (Å²) in [5.41, 5.74) is 0.485. The van der Waals surface area contributed by atoms with Crippen molar-refractivity contribution in [2.24, 2.45) is 0 Å². The molecule has 1 aromatic heterocycles. The Hall–Kier alpha value is -3.02. The second kappa shape index (κ2) is 6.37. The van der Waals surface area contributed by atoms with Crippen molar-refractivity contribution in [1.29, 1.82) is 0 Å². The predicted octanol–water partition coefficient (Wildman–Crippen LogP) is 3.97. The van der Waals surface area contributed by atoms with Crippen molar-refractivity contribution in [1.82, 2.24) is 10.5 Å². The molecular formula is C20H16F2N2O2. The van der Waals surface area contributed by atoms with Crippen LogP contribution in [-0.2, 0) is 16.8 Å². The van der Waals surface area contributed by atoms with Crippen molar-refractivity contribution in [3.8, 4) is 11.3 Å². The first-order chi connectivity index (χ1) is 12.6. The van der Waals surface area contributed by atoms with Crippen LogP contribution in [0.5, 0.6) is 0 Å². The van der Waals surface area contributed by atoms with E-state index < -0.39 is 17.0 Å². The third-order valence-corrected chi connectivity index (χ3v) is 4.73. The monoisotopic (exact) mass is 354 g/mol. The summed E-state index contributed by atoms with van der Waals surface area (Å²) in [5, 5.41) is 6.68. The van der Waals surface area contributed by atoms with E-state index in [1.165, 1.54) is 18.2 Å². The predicted molar refractivity (Wildman–Crippen MR) is 91.1 cm³/mol. The number of nitrogens with zero attached hydrogens (tertiary/aromatic N) is 1. The molecule has 0 aliphatic heterocycles. The van der Waals surface area contributed by atoms with E-state index in [4.69, 9.17) is 4.52 Å². The molecule has 0 spiro atoms. The summed E-state index contributed by atoms with van der Waals surface area (Å²) in [5.74, 6) is -1.07. The molecule has 1 aliphatic carbocycles. The maximum atomic E-state index is 13.7. The Balaban J connectivity index is 1.51. The number of carbonyl (C=O) groups excluding carboxylic acids is 1. The van der Waals surface area contributed by atoms with Gasteiger partial charge in [-0.2, -0.15) is 0 Å². The first-order valence-electron chi connectivity index (χ1n) is 8.34. The second-order valence-electron chi connectivity index (χ2n) is 6.41. The molecule has 6 heteroatoms. The number of aromatic nitrogens is 1. The Morgan fingerprint density at radius 1 is 1.08 bits per heavy atom. The van der Waals surface area contributed by atoms with Crippen molar-refractivity contribution in [3.63, 3.8) is 0 Å². The summed E-state index contributed by atoms with van der Waals surface area (Å²) in [4.78, 5) is 12.6. The third-order valence-electron chi connectivity index (χ3n) is 4.73. The van der Waals surface area contributed by atoms with Gasteiger partial charge in [-0.25, -0.2) is 8.78 Å². The summed E-state index contributed by atoms with van der Waals surface area (Å²) in [6, 6.07) is 14.8. The molecule has 132 valence electrons. The second-order valence-corrected chi connectivity index (χ2v) is 6.41. The average Bonchev–Trinajstić information content (AvgIpc) is 3.32. The number of carbonyl (C=O) groups is 1. The quantitative estimate of drug-likeness (QED) is 0.754. The van der Waals surface area contributed by atoms with E-state index in [0.29, 0.717) is 24.3 Å². The van der Waals surface area contributed by atoms with Gasteiger partial charge in [0, 0.05) is 23.7 Å². The van der Waals surface area contributed by atoms with Gasteiger partial charge in [0.25, 0.3) is 0 Å². The number of rotatable bonds is 5. The maximum Gasteiger partial charge on any atom is 0.232 e. The van der Waals surface area contributed by atoms with Crippen LogP contribution in [0.1, 0.15) is 24.1 Å². The van der Waals surface area contributed by atoms with Crippen molar-refractivity contribution in [3.05, 3.63) is 77.5 Å². The maximum absolute atomic E-state index is 13.7. The molecule has 1 saturated carbocycles. The lowest BCUT2D eigenvalue weighted by atomic mass is 10.00. The van der Waals surface area contributed by atoms with Gasteiger partial charge in [-0.15, -0.1) is 0 Å². The van der Waals surface area contributed by atoms with Crippen LogP contribution in [0.4, 0.5) is 8.78 Å². The lowest BCUT2D eigenvalue weighted by Crippen LogP contribution is -2.35. The van der Waals surface area contributed by atoms with Crippen molar-refractivity contribution in [2.45, 2.75) is 24.8 Å². The molecule has 0 radical (unpaired) electrons. The van der Waals surface area contributed by atoms with Crippen LogP contribution in [0.15, 0.2) is 59.1 Å². The van der Waals surface area contributed by atoms with Gasteiger partial charge in [0.1, 0.15) is 11.6 Å². The molecule has 1 N–H and O–H groups in total. The number of amides is 1. The zero-order valence-corrected chi connectivity index (χ0v) is 13.8. The van der Waals surface area contributed by atoms with Crippen LogP contribution in [0.25, 0.3) is 11.3 Å². The number of hydrogen-bond acceptors (Lipinski definition) is 3. The Morgan fingerprint density at radius 3 is 2.42 bits per heavy atom. The van der Waals surface area contributed by atoms with Crippen molar-refractivity contribution in [2.75, 3.05) is 0 Å². The van der Waals surface area contributed by atoms with E-state index in [0.717, 1.165) is 5.56 Å². The fourth-order valence-electron chi connectivity index (χ4n) is 3.00. The molecule has 1 heterocycles. The molecule has 2 aromatic carbocycles. The molecule has 1 fully saturated rings. The number of hydrogen-bond donors (Lipinski definition) is 1. The minimum atomic E-state index is -0.780. The van der Waals surface area contributed by atoms with E-state index >= 15 is 0 Å². The van der Waals surface area contributed by atoms with Gasteiger partial charge in [-0.05, 0) is 25.0 Å². The summed E-state index contributed by atoms with van der Waals surface area (Å²) >= 11 is 0. The normalized spacial score (nSPS) is 14.8. The van der Waals surface area contributed by atoms with E-state index in [2.05, 4.69) is 10.5 Å². The summed E-state index contributed by atoms with van der Waals surface area (Å²) in [6.07, 6.45) is 1.25. The zero-order chi connectivity index (χ0) is 18.1. The Labute approximate surface area is 148 Å². The molecule has 0 unspecified atom stereocenters. The van der Waals surface area contributed by atoms with Gasteiger partial charge >= 0.3 is 0 Å². The number of halogens is 2. The van der Waals surface area contributed by atoms with Crippen LogP contribution in [0, 0.1) is 11.6 Å². The zero-order valence-electron chi connectivity index (χ0n) is 13.8. The van der Waals surface area contributed by atoms with E-state index in [-0.39, 0.29) is 18.0 Å². The van der Waals surface area contributed by atoms with Gasteiger partial charge in [0.2, 0.25) is 5.91 Å². The van der Waals surface area contributed by atoms with Gasteiger partial charge in [0.15, 0.2) is 5.76 Å². The summed E-state index contributed by atoms with van der Waals surface area (Å²) in [7, 11) is 0. The van der Waals surface area contributed by atoms with Gasteiger partial charge in [-0.1, -0.05) is 41.6 Å². The molecule has 0 saturated heterocycles. The first-order valence-corrected chi connectivity index (χ1v) is 8.34. The average molecular weight is 354 g/mol. The molecule has 3 aromatic rings. The Morgan fingerprint density at radius 2 is 1.77 bits per heavy atom. The highest BCUT2D eigenvalue weighted by Gasteiger charge is 2.53. The largest absolute Gasteiger partial charge is 0.356 e. The van der Waals surface area contributed by atoms with Crippen LogP contribution in [-0.4, -0.2) is 11.1 Å². The molecule has 1 aliphatic rings. The van der Waals surface area contributed by atoms with Gasteiger partial charge in [-0.3, -0.25) is 4.79 Å². The lowest BCUT2D eigenvalue weighted by Gasteiger charge is -2.13. The molecule has 1 amide bonds. The fraction of sp³-hybridized carbons (Fsp3) is 0.200. The molecule has 0 bridgehead atoms. The lowest BCUT2D eigenvalue weighted by molar-refractivity contribution is -0.123. The van der Waals surface area contributed by atoms with Crippen molar-refractivity contribution < 1.29 is 18.1 Å². The van der Waals surface area contributed by atoms with E-state index in [9.17, 15) is 13.6 Å². The molecule has 4 nitrogen and oxygen atoms in total. The van der Waals surface area contributed by atoms with Gasteiger partial charge in [0.05, 0.1) is 11.1 Å². The number of nitrogens with one attached hydrogen (secondary N) is 1. The Bertz CT molecular complexity index is 929. The smallest absolute Gasteiger partial charge is 0.232 e. The van der Waals surface area contributed by atoms with Gasteiger partial charge < -0.3 is 9.84 Å². The fourth-order valence-corrected chi connectivity index (χ4v) is 3.00. The molecule has 26 heavy (non-hydrogen) atoms. The topological polar surface area (TPSA) is 55.1 Å². The SMILES string of the molecule is O=C(NCc1c(F)cccc1F)C1(c2cc(-c3ccccc3)on2)CC1. The summed E-state index contributed by atoms with van der Waals surface area (Å²) < 4.78 is 32.8. The van der Waals surface area contributed by atoms with E-state index in [1.54, 1.807) is 6.07 Å². The van der Waals surface area contributed by atoms with Crippen LogP contribution >= 0.6 is 0 Å². The minimum absolute atomic E-state index is 0.151. The molecule has 4 rings (SSSR count). The number of benzene rings is 2. The van der Waals surface area contributed by atoms with Crippen LogP contribution < -0.4 is 5.32 Å². The van der Waals surface area contributed by atoms with Crippen molar-refractivity contribution >= 4 is 5.91 Å². The van der Waals surface area contributed by atoms with Crippen LogP contribution in [0.2, 0.25) is 0 Å². The van der Waals surface area contributed by atoms with E-state index in [1.807, 2.05) is 30.3 Å². The highest BCUT2D eigenvalue weighted by atomic mass is 19.1. The van der Waals surface area contributed by atoms with Crippen LogP contribution in [0.3, 0.4) is 0 Å². The highest BCUT2D eigenvalue weighted by Crippen LogP contribution is 2.48. The summed E-state index contributed by atoms with van der Waals surface area (Å²) in [6.45, 7) is -0.206. The molecule has 0 atom stereocenters. The molecular weight excluding hydrogens is 338 g/mol. The first kappa shape index (κ1) is 16.4. The highest BCUT2D eigenvalue weighted by molar-refractivity contribution is 5.91. The standard InChI is InChI=1S/C20H16F2N2O2/c21-15-7-4-8-16(22)14(15)12-23-19(25)20(9-10-20)18-11-17(26-24-18)13-5-2-1-3-6-13/h1-8,11H,9-10,12H2,(H,23,25).